The van der Waals surface area contributed by atoms with Gasteiger partial charge in [-0.25, -0.2) is 8.42 Å². The SMILES string of the molecule is O=C(O)C[C@H]1c2ccccc2CCN1S(=O)(=O)c1ccccc1. The maximum absolute atomic E-state index is 12.9. The predicted octanol–water partition coefficient (Wildman–Crippen LogP) is 2.45. The number of carboxylic acid groups (broad SMARTS) is 1. The smallest absolute Gasteiger partial charge is 0.305 e. The highest BCUT2D eigenvalue weighted by Crippen LogP contribution is 2.36. The zero-order valence-corrected chi connectivity index (χ0v) is 13.2. The molecule has 0 aliphatic carbocycles. The maximum atomic E-state index is 12.9. The van der Waals surface area contributed by atoms with E-state index < -0.39 is 22.0 Å². The van der Waals surface area contributed by atoms with Crippen molar-refractivity contribution in [3.63, 3.8) is 0 Å². The highest BCUT2D eigenvalue weighted by atomic mass is 32.2. The second-order valence-electron chi connectivity index (χ2n) is 5.49. The van der Waals surface area contributed by atoms with Crippen molar-refractivity contribution in [3.8, 4) is 0 Å². The molecular weight excluding hydrogens is 314 g/mol. The maximum Gasteiger partial charge on any atom is 0.305 e. The first kappa shape index (κ1) is 15.7. The number of carbonyl (C=O) groups is 1. The van der Waals surface area contributed by atoms with E-state index in [0.717, 1.165) is 11.1 Å². The molecule has 23 heavy (non-hydrogen) atoms. The summed E-state index contributed by atoms with van der Waals surface area (Å²) in [6, 6.07) is 14.9. The monoisotopic (exact) mass is 331 g/mol. The summed E-state index contributed by atoms with van der Waals surface area (Å²) < 4.78 is 27.2. The largest absolute Gasteiger partial charge is 0.481 e. The number of hydrogen-bond donors (Lipinski definition) is 1. The second kappa shape index (κ2) is 6.14. The van der Waals surface area contributed by atoms with Gasteiger partial charge in [0, 0.05) is 6.54 Å². The zero-order valence-electron chi connectivity index (χ0n) is 12.4. The Labute approximate surface area is 135 Å². The third-order valence-electron chi connectivity index (χ3n) is 4.08. The van der Waals surface area contributed by atoms with E-state index in [0.29, 0.717) is 6.42 Å². The molecule has 0 aromatic heterocycles. The molecule has 0 saturated heterocycles. The number of sulfonamides is 1. The van der Waals surface area contributed by atoms with Crippen molar-refractivity contribution >= 4 is 16.0 Å². The molecule has 2 aromatic rings. The van der Waals surface area contributed by atoms with Crippen LogP contribution in [-0.2, 0) is 21.2 Å². The molecule has 1 heterocycles. The first-order valence-electron chi connectivity index (χ1n) is 7.36. The predicted molar refractivity (Wildman–Crippen MR) is 85.5 cm³/mol. The van der Waals surface area contributed by atoms with E-state index in [-0.39, 0.29) is 17.9 Å². The molecule has 120 valence electrons. The van der Waals surface area contributed by atoms with Crippen LogP contribution in [0.3, 0.4) is 0 Å². The third kappa shape index (κ3) is 3.00. The molecule has 0 fully saturated rings. The Balaban J connectivity index is 2.06. The summed E-state index contributed by atoms with van der Waals surface area (Å²) in [4.78, 5) is 11.5. The van der Waals surface area contributed by atoms with Crippen LogP contribution in [-0.4, -0.2) is 30.3 Å². The van der Waals surface area contributed by atoms with Crippen LogP contribution in [0.5, 0.6) is 0 Å². The Bertz CT molecular complexity index is 817. The van der Waals surface area contributed by atoms with Crippen molar-refractivity contribution in [1.29, 1.82) is 0 Å². The molecule has 0 radical (unpaired) electrons. The molecule has 2 aromatic carbocycles. The normalized spacial score (nSPS) is 18.3. The van der Waals surface area contributed by atoms with Crippen molar-refractivity contribution in [1.82, 2.24) is 4.31 Å². The number of nitrogens with zero attached hydrogens (tertiary/aromatic N) is 1. The van der Waals surface area contributed by atoms with E-state index in [1.54, 1.807) is 18.2 Å². The first-order chi connectivity index (χ1) is 11.0. The number of rotatable bonds is 4. The minimum absolute atomic E-state index is 0.190. The van der Waals surface area contributed by atoms with Gasteiger partial charge in [-0.1, -0.05) is 42.5 Å². The van der Waals surface area contributed by atoms with E-state index >= 15 is 0 Å². The number of fused-ring (bicyclic) bond motifs is 1. The minimum atomic E-state index is -3.73. The number of hydrogen-bond acceptors (Lipinski definition) is 3. The molecule has 1 aliphatic rings. The Morgan fingerprint density at radius 1 is 1.09 bits per heavy atom. The van der Waals surface area contributed by atoms with Crippen molar-refractivity contribution in [2.75, 3.05) is 6.54 Å². The minimum Gasteiger partial charge on any atom is -0.481 e. The van der Waals surface area contributed by atoms with E-state index in [4.69, 9.17) is 0 Å². The fourth-order valence-corrected chi connectivity index (χ4v) is 4.65. The lowest BCUT2D eigenvalue weighted by Gasteiger charge is -2.35. The fourth-order valence-electron chi connectivity index (χ4n) is 3.02. The number of carboxylic acids is 1. The molecular formula is C17H17NO4S. The van der Waals surface area contributed by atoms with Crippen molar-refractivity contribution in [3.05, 3.63) is 65.7 Å². The molecule has 0 amide bonds. The fraction of sp³-hybridized carbons (Fsp3) is 0.235. The van der Waals surface area contributed by atoms with Gasteiger partial charge in [0.25, 0.3) is 0 Å². The van der Waals surface area contributed by atoms with E-state index in [1.807, 2.05) is 24.3 Å². The average Bonchev–Trinajstić information content (AvgIpc) is 2.55. The van der Waals surface area contributed by atoms with Gasteiger partial charge < -0.3 is 5.11 Å². The van der Waals surface area contributed by atoms with Crippen molar-refractivity contribution in [2.24, 2.45) is 0 Å². The van der Waals surface area contributed by atoms with E-state index in [1.165, 1.54) is 16.4 Å². The van der Waals surface area contributed by atoms with Crippen molar-refractivity contribution < 1.29 is 18.3 Å². The molecule has 5 nitrogen and oxygen atoms in total. The highest BCUT2D eigenvalue weighted by Gasteiger charge is 2.37. The Morgan fingerprint density at radius 3 is 2.43 bits per heavy atom. The Morgan fingerprint density at radius 2 is 1.74 bits per heavy atom. The van der Waals surface area contributed by atoms with Crippen LogP contribution in [0, 0.1) is 0 Å². The van der Waals surface area contributed by atoms with Gasteiger partial charge in [-0.2, -0.15) is 4.31 Å². The molecule has 0 unspecified atom stereocenters. The number of aliphatic carboxylic acids is 1. The van der Waals surface area contributed by atoms with E-state index in [9.17, 15) is 18.3 Å². The van der Waals surface area contributed by atoms with Crippen LogP contribution >= 0.6 is 0 Å². The van der Waals surface area contributed by atoms with Crippen LogP contribution in [0.15, 0.2) is 59.5 Å². The van der Waals surface area contributed by atoms with Gasteiger partial charge in [0.15, 0.2) is 0 Å². The molecule has 1 N–H and O–H groups in total. The lowest BCUT2D eigenvalue weighted by Crippen LogP contribution is -2.40. The number of benzene rings is 2. The van der Waals surface area contributed by atoms with Gasteiger partial charge in [-0.3, -0.25) is 4.79 Å². The summed E-state index contributed by atoms with van der Waals surface area (Å²) in [6.07, 6.45) is 0.335. The highest BCUT2D eigenvalue weighted by molar-refractivity contribution is 7.89. The molecule has 1 atom stereocenters. The van der Waals surface area contributed by atoms with Crippen molar-refractivity contribution in [2.45, 2.75) is 23.8 Å². The molecule has 0 spiro atoms. The molecule has 3 rings (SSSR count). The second-order valence-corrected chi connectivity index (χ2v) is 7.38. The van der Waals surface area contributed by atoms with Gasteiger partial charge >= 0.3 is 5.97 Å². The summed E-state index contributed by atoms with van der Waals surface area (Å²) in [5.74, 6) is -1.01. The van der Waals surface area contributed by atoms with Crippen LogP contribution in [0.25, 0.3) is 0 Å². The Kier molecular flexibility index (Phi) is 4.19. The standard InChI is InChI=1S/C17H17NO4S/c19-17(20)12-16-15-9-5-4-6-13(15)10-11-18(16)23(21,22)14-7-2-1-3-8-14/h1-9,16H,10-12H2,(H,19,20)/t16-/m0/s1. The van der Waals surface area contributed by atoms with Crippen LogP contribution < -0.4 is 0 Å². The van der Waals surface area contributed by atoms with Gasteiger partial charge in [-0.05, 0) is 29.7 Å². The molecule has 6 heteroatoms. The zero-order chi connectivity index (χ0) is 16.4. The van der Waals surface area contributed by atoms with Crippen LogP contribution in [0.4, 0.5) is 0 Å². The Hall–Kier alpha value is -2.18. The average molecular weight is 331 g/mol. The van der Waals surface area contributed by atoms with Crippen LogP contribution in [0.2, 0.25) is 0 Å². The lowest BCUT2D eigenvalue weighted by atomic mass is 9.92. The summed E-state index contributed by atoms with van der Waals surface area (Å²) in [6.45, 7) is 0.284. The van der Waals surface area contributed by atoms with Gasteiger partial charge in [0.1, 0.15) is 0 Å². The lowest BCUT2D eigenvalue weighted by molar-refractivity contribution is -0.138. The topological polar surface area (TPSA) is 74.7 Å². The molecule has 1 aliphatic heterocycles. The van der Waals surface area contributed by atoms with Gasteiger partial charge in [0.05, 0.1) is 17.4 Å². The summed E-state index contributed by atoms with van der Waals surface area (Å²) in [7, 11) is -3.73. The summed E-state index contributed by atoms with van der Waals surface area (Å²) in [5.41, 5.74) is 1.79. The van der Waals surface area contributed by atoms with E-state index in [2.05, 4.69) is 0 Å². The third-order valence-corrected chi connectivity index (χ3v) is 6.00. The quantitative estimate of drug-likeness (QED) is 0.934. The summed E-state index contributed by atoms with van der Waals surface area (Å²) >= 11 is 0. The first-order valence-corrected chi connectivity index (χ1v) is 8.80. The van der Waals surface area contributed by atoms with Gasteiger partial charge in [0.2, 0.25) is 10.0 Å². The van der Waals surface area contributed by atoms with Crippen LogP contribution in [0.1, 0.15) is 23.6 Å². The summed E-state index contributed by atoms with van der Waals surface area (Å²) in [5, 5.41) is 9.22. The molecule has 0 bridgehead atoms. The molecule has 0 saturated carbocycles. The van der Waals surface area contributed by atoms with Gasteiger partial charge in [-0.15, -0.1) is 0 Å².